The molecular formula is C16H12ClIN2O. The van der Waals surface area contributed by atoms with E-state index in [4.69, 9.17) is 11.6 Å². The van der Waals surface area contributed by atoms with Crippen LogP contribution in [0.2, 0.25) is 5.02 Å². The summed E-state index contributed by atoms with van der Waals surface area (Å²) < 4.78 is 2.68. The zero-order valence-corrected chi connectivity index (χ0v) is 14.2. The van der Waals surface area contributed by atoms with Gasteiger partial charge in [-0.15, -0.1) is 0 Å². The summed E-state index contributed by atoms with van der Waals surface area (Å²) in [5.41, 5.74) is 1.48. The van der Waals surface area contributed by atoms with Crippen molar-refractivity contribution in [1.82, 2.24) is 9.55 Å². The molecule has 5 heteroatoms. The van der Waals surface area contributed by atoms with Gasteiger partial charge in [0.05, 0.1) is 16.6 Å². The molecule has 0 bridgehead atoms. The Hall–Kier alpha value is -1.40. The smallest absolute Gasteiger partial charge is 0.266 e. The molecule has 3 nitrogen and oxygen atoms in total. The lowest BCUT2D eigenvalue weighted by molar-refractivity contribution is 0.833. The first kappa shape index (κ1) is 14.5. The van der Waals surface area contributed by atoms with E-state index in [2.05, 4.69) is 27.6 Å². The summed E-state index contributed by atoms with van der Waals surface area (Å²) in [5, 5.41) is 1.28. The monoisotopic (exact) mass is 410 g/mol. The third-order valence-corrected chi connectivity index (χ3v) is 4.22. The van der Waals surface area contributed by atoms with Crippen LogP contribution >= 0.6 is 34.2 Å². The molecule has 3 rings (SSSR count). The second kappa shape index (κ2) is 5.77. The highest BCUT2D eigenvalue weighted by atomic mass is 127. The minimum atomic E-state index is -0.0438. The Kier molecular flexibility index (Phi) is 3.99. The molecule has 106 valence electrons. The van der Waals surface area contributed by atoms with Gasteiger partial charge in [0.15, 0.2) is 0 Å². The highest BCUT2D eigenvalue weighted by Crippen LogP contribution is 2.17. The van der Waals surface area contributed by atoms with E-state index in [9.17, 15) is 4.79 Å². The Labute approximate surface area is 140 Å². The minimum absolute atomic E-state index is 0.0438. The average molecular weight is 411 g/mol. The molecule has 0 spiro atoms. The lowest BCUT2D eigenvalue weighted by atomic mass is 10.2. The molecule has 0 saturated heterocycles. The van der Waals surface area contributed by atoms with Crippen LogP contribution in [0.1, 0.15) is 12.7 Å². The van der Waals surface area contributed by atoms with Crippen LogP contribution in [0.15, 0.2) is 47.3 Å². The lowest BCUT2D eigenvalue weighted by Crippen LogP contribution is -2.23. The van der Waals surface area contributed by atoms with Gasteiger partial charge in [-0.25, -0.2) is 4.98 Å². The van der Waals surface area contributed by atoms with Crippen LogP contribution in [0, 0.1) is 3.57 Å². The summed E-state index contributed by atoms with van der Waals surface area (Å²) in [6.45, 7) is 1.99. The fourth-order valence-corrected chi connectivity index (χ4v) is 2.91. The SMILES string of the molecule is CCc1nc2ccc(I)cc2c(=O)n1-c1ccc(Cl)cc1. The highest BCUT2D eigenvalue weighted by Gasteiger charge is 2.11. The Morgan fingerprint density at radius 2 is 1.90 bits per heavy atom. The maximum Gasteiger partial charge on any atom is 0.266 e. The maximum atomic E-state index is 12.8. The van der Waals surface area contributed by atoms with E-state index >= 15 is 0 Å². The van der Waals surface area contributed by atoms with Gasteiger partial charge in [0.2, 0.25) is 0 Å². The minimum Gasteiger partial charge on any atom is -0.268 e. The van der Waals surface area contributed by atoms with E-state index in [1.165, 1.54) is 0 Å². The van der Waals surface area contributed by atoms with Gasteiger partial charge in [0.1, 0.15) is 5.82 Å². The molecule has 0 N–H and O–H groups in total. The number of rotatable bonds is 2. The van der Waals surface area contributed by atoms with E-state index in [0.29, 0.717) is 16.8 Å². The molecule has 0 aliphatic heterocycles. The molecule has 0 aliphatic carbocycles. The topological polar surface area (TPSA) is 34.9 Å². The Balaban J connectivity index is 2.37. The zero-order valence-electron chi connectivity index (χ0n) is 11.3. The first-order valence-corrected chi connectivity index (χ1v) is 8.03. The second-order valence-electron chi connectivity index (χ2n) is 4.66. The van der Waals surface area contributed by atoms with Crippen LogP contribution < -0.4 is 5.56 Å². The van der Waals surface area contributed by atoms with Gasteiger partial charge in [-0.2, -0.15) is 0 Å². The third-order valence-electron chi connectivity index (χ3n) is 3.30. The number of halogens is 2. The van der Waals surface area contributed by atoms with Crippen molar-refractivity contribution >= 4 is 45.1 Å². The summed E-state index contributed by atoms with van der Waals surface area (Å²) in [6.07, 6.45) is 0.680. The Morgan fingerprint density at radius 1 is 1.19 bits per heavy atom. The molecule has 0 saturated carbocycles. The molecule has 1 heterocycles. The summed E-state index contributed by atoms with van der Waals surface area (Å²) in [5.74, 6) is 0.746. The second-order valence-corrected chi connectivity index (χ2v) is 6.34. The Bertz CT molecular complexity index is 872. The molecule has 0 aliphatic rings. The van der Waals surface area contributed by atoms with Crippen LogP contribution in [0.25, 0.3) is 16.6 Å². The Morgan fingerprint density at radius 3 is 2.57 bits per heavy atom. The van der Waals surface area contributed by atoms with Crippen molar-refractivity contribution in [3.63, 3.8) is 0 Å². The van der Waals surface area contributed by atoms with Gasteiger partial charge in [-0.3, -0.25) is 9.36 Å². The van der Waals surface area contributed by atoms with Crippen LogP contribution in [0.3, 0.4) is 0 Å². The van der Waals surface area contributed by atoms with E-state index in [1.807, 2.05) is 37.3 Å². The third kappa shape index (κ3) is 2.70. The largest absolute Gasteiger partial charge is 0.268 e. The molecule has 21 heavy (non-hydrogen) atoms. The number of nitrogens with zero attached hydrogens (tertiary/aromatic N) is 2. The van der Waals surface area contributed by atoms with Crippen molar-refractivity contribution in [3.05, 3.63) is 67.2 Å². The predicted octanol–water partition coefficient (Wildman–Crippen LogP) is 4.21. The normalized spacial score (nSPS) is 11.0. The van der Waals surface area contributed by atoms with Gasteiger partial charge in [-0.1, -0.05) is 18.5 Å². The first-order chi connectivity index (χ1) is 10.1. The number of aromatic nitrogens is 2. The molecule has 3 aromatic rings. The van der Waals surface area contributed by atoms with Crippen molar-refractivity contribution in [1.29, 1.82) is 0 Å². The predicted molar refractivity (Wildman–Crippen MR) is 94.4 cm³/mol. The molecule has 0 radical (unpaired) electrons. The summed E-state index contributed by atoms with van der Waals surface area (Å²) in [7, 11) is 0. The molecule has 0 amide bonds. The summed E-state index contributed by atoms with van der Waals surface area (Å²) >= 11 is 8.12. The highest BCUT2D eigenvalue weighted by molar-refractivity contribution is 14.1. The van der Waals surface area contributed by atoms with E-state index < -0.39 is 0 Å². The standard InChI is InChI=1S/C16H12ClIN2O/c1-2-15-19-14-8-5-11(18)9-13(14)16(21)20(15)12-6-3-10(17)4-7-12/h3-9H,2H2,1H3. The molecule has 0 atom stereocenters. The van der Waals surface area contributed by atoms with Crippen LogP contribution in [0.5, 0.6) is 0 Å². The van der Waals surface area contributed by atoms with Crippen molar-refractivity contribution < 1.29 is 0 Å². The number of benzene rings is 2. The maximum absolute atomic E-state index is 12.8. The number of fused-ring (bicyclic) bond motifs is 1. The molecular weight excluding hydrogens is 399 g/mol. The van der Waals surface area contributed by atoms with E-state index in [-0.39, 0.29) is 5.56 Å². The van der Waals surface area contributed by atoms with Gasteiger partial charge >= 0.3 is 0 Å². The quantitative estimate of drug-likeness (QED) is 0.593. The van der Waals surface area contributed by atoms with Gasteiger partial charge < -0.3 is 0 Å². The van der Waals surface area contributed by atoms with Crippen LogP contribution in [-0.4, -0.2) is 9.55 Å². The number of aryl methyl sites for hydroxylation is 1. The molecule has 0 unspecified atom stereocenters. The fourth-order valence-electron chi connectivity index (χ4n) is 2.30. The van der Waals surface area contributed by atoms with Gasteiger partial charge in [-0.05, 0) is 65.1 Å². The van der Waals surface area contributed by atoms with Crippen molar-refractivity contribution in [2.75, 3.05) is 0 Å². The van der Waals surface area contributed by atoms with E-state index in [1.54, 1.807) is 16.7 Å². The van der Waals surface area contributed by atoms with Crippen molar-refractivity contribution in [3.8, 4) is 5.69 Å². The van der Waals surface area contributed by atoms with Gasteiger partial charge in [0, 0.05) is 15.0 Å². The van der Waals surface area contributed by atoms with Crippen LogP contribution in [-0.2, 0) is 6.42 Å². The summed E-state index contributed by atoms with van der Waals surface area (Å²) in [4.78, 5) is 17.5. The number of hydrogen-bond donors (Lipinski definition) is 0. The zero-order chi connectivity index (χ0) is 15.0. The van der Waals surface area contributed by atoms with Gasteiger partial charge in [0.25, 0.3) is 5.56 Å². The molecule has 0 fully saturated rings. The fraction of sp³-hybridized carbons (Fsp3) is 0.125. The van der Waals surface area contributed by atoms with E-state index in [0.717, 1.165) is 20.6 Å². The lowest BCUT2D eigenvalue weighted by Gasteiger charge is -2.12. The first-order valence-electron chi connectivity index (χ1n) is 6.57. The average Bonchev–Trinajstić information content (AvgIpc) is 2.49. The summed E-state index contributed by atoms with van der Waals surface area (Å²) in [6, 6.07) is 13.0. The van der Waals surface area contributed by atoms with Crippen molar-refractivity contribution in [2.45, 2.75) is 13.3 Å². The molecule has 1 aromatic heterocycles. The number of hydrogen-bond acceptors (Lipinski definition) is 2. The van der Waals surface area contributed by atoms with Crippen LogP contribution in [0.4, 0.5) is 0 Å². The van der Waals surface area contributed by atoms with Crippen molar-refractivity contribution in [2.24, 2.45) is 0 Å². The molecule has 2 aromatic carbocycles.